The van der Waals surface area contributed by atoms with Crippen LogP contribution in [-0.2, 0) is 0 Å². The molecule has 0 spiro atoms. The molecule has 2 aromatic heterocycles. The highest BCUT2D eigenvalue weighted by molar-refractivity contribution is 6.04. The quantitative estimate of drug-likeness (QED) is 0.881. The number of aromatic nitrogens is 2. The molecule has 0 saturated heterocycles. The smallest absolute Gasteiger partial charge is 0.255 e. The number of anilines is 2. The van der Waals surface area contributed by atoms with Gasteiger partial charge in [-0.15, -0.1) is 0 Å². The van der Waals surface area contributed by atoms with Crippen molar-refractivity contribution < 1.29 is 4.79 Å². The van der Waals surface area contributed by atoms with Gasteiger partial charge in [0.25, 0.3) is 5.91 Å². The number of nitrogens with zero attached hydrogens (tertiary/aromatic N) is 2. The third-order valence-electron chi connectivity index (χ3n) is 2.67. The maximum Gasteiger partial charge on any atom is 0.255 e. The highest BCUT2D eigenvalue weighted by Gasteiger charge is 2.08. The molecule has 0 radical (unpaired) electrons. The van der Waals surface area contributed by atoms with E-state index in [1.807, 2.05) is 19.9 Å². The first-order chi connectivity index (χ1) is 9.20. The van der Waals surface area contributed by atoms with E-state index in [2.05, 4.69) is 20.6 Å². The first-order valence-corrected chi connectivity index (χ1v) is 6.12. The summed E-state index contributed by atoms with van der Waals surface area (Å²) in [5.74, 6) is 0.524. The molecule has 0 bridgehead atoms. The van der Waals surface area contributed by atoms with Gasteiger partial charge in [-0.25, -0.2) is 4.98 Å². The Labute approximate surface area is 112 Å². The van der Waals surface area contributed by atoms with Crippen molar-refractivity contribution in [1.82, 2.24) is 9.97 Å². The average molecular weight is 256 g/mol. The van der Waals surface area contributed by atoms with Crippen LogP contribution in [0.5, 0.6) is 0 Å². The fourth-order valence-corrected chi connectivity index (χ4v) is 1.64. The molecular weight excluding hydrogens is 240 g/mol. The molecule has 0 atom stereocenters. The lowest BCUT2D eigenvalue weighted by Crippen LogP contribution is -2.13. The van der Waals surface area contributed by atoms with Crippen molar-refractivity contribution in [2.45, 2.75) is 13.8 Å². The van der Waals surface area contributed by atoms with Crippen molar-refractivity contribution in [3.8, 4) is 0 Å². The lowest BCUT2D eigenvalue weighted by atomic mass is 10.2. The van der Waals surface area contributed by atoms with Crippen molar-refractivity contribution in [2.75, 3.05) is 17.2 Å². The van der Waals surface area contributed by atoms with E-state index in [0.29, 0.717) is 17.1 Å². The number of rotatable bonds is 4. The zero-order valence-corrected chi connectivity index (χ0v) is 11.0. The van der Waals surface area contributed by atoms with Crippen LogP contribution >= 0.6 is 0 Å². The van der Waals surface area contributed by atoms with Crippen LogP contribution < -0.4 is 10.6 Å². The zero-order chi connectivity index (χ0) is 13.7. The number of aryl methyl sites for hydroxylation is 1. The molecule has 1 amide bonds. The van der Waals surface area contributed by atoms with Crippen molar-refractivity contribution in [1.29, 1.82) is 0 Å². The third-order valence-corrected chi connectivity index (χ3v) is 2.67. The van der Waals surface area contributed by atoms with Crippen LogP contribution in [0.25, 0.3) is 0 Å². The second kappa shape index (κ2) is 5.95. The van der Waals surface area contributed by atoms with Gasteiger partial charge in [-0.1, -0.05) is 0 Å². The molecule has 98 valence electrons. The lowest BCUT2D eigenvalue weighted by molar-refractivity contribution is 0.102. The van der Waals surface area contributed by atoms with Crippen LogP contribution in [0.1, 0.15) is 22.8 Å². The molecule has 5 nitrogen and oxygen atoms in total. The van der Waals surface area contributed by atoms with Gasteiger partial charge in [0.05, 0.1) is 11.9 Å². The molecule has 0 unspecified atom stereocenters. The molecule has 2 rings (SSSR count). The highest BCUT2D eigenvalue weighted by Crippen LogP contribution is 2.14. The second-order valence-electron chi connectivity index (χ2n) is 4.10. The van der Waals surface area contributed by atoms with Gasteiger partial charge in [0.15, 0.2) is 0 Å². The fourth-order valence-electron chi connectivity index (χ4n) is 1.64. The summed E-state index contributed by atoms with van der Waals surface area (Å²) in [7, 11) is 0. The van der Waals surface area contributed by atoms with Gasteiger partial charge in [-0.2, -0.15) is 0 Å². The number of hydrogen-bond donors (Lipinski definition) is 2. The van der Waals surface area contributed by atoms with Crippen LogP contribution in [0.2, 0.25) is 0 Å². The van der Waals surface area contributed by atoms with Gasteiger partial charge >= 0.3 is 0 Å². The standard InChI is InChI=1S/C14H16N4O/c1-3-16-13-8-11(5-7-17-13)14(19)18-12-9-15-6-4-10(12)2/h4-9H,3H2,1-2H3,(H,16,17)(H,18,19). The summed E-state index contributed by atoms with van der Waals surface area (Å²) in [5.41, 5.74) is 2.26. The highest BCUT2D eigenvalue weighted by atomic mass is 16.1. The Kier molecular flexibility index (Phi) is 4.07. The van der Waals surface area contributed by atoms with Gasteiger partial charge in [0.2, 0.25) is 0 Å². The van der Waals surface area contributed by atoms with Gasteiger partial charge in [-0.05, 0) is 37.6 Å². The van der Waals surface area contributed by atoms with E-state index in [9.17, 15) is 4.79 Å². The van der Waals surface area contributed by atoms with Crippen molar-refractivity contribution in [3.05, 3.63) is 47.9 Å². The molecule has 0 fully saturated rings. The number of carbonyl (C=O) groups excluding carboxylic acids is 1. The predicted octanol–water partition coefficient (Wildman–Crippen LogP) is 2.47. The zero-order valence-electron chi connectivity index (χ0n) is 11.0. The molecule has 0 aliphatic heterocycles. The summed E-state index contributed by atoms with van der Waals surface area (Å²) >= 11 is 0. The second-order valence-corrected chi connectivity index (χ2v) is 4.10. The predicted molar refractivity (Wildman–Crippen MR) is 75.3 cm³/mol. The Hall–Kier alpha value is -2.43. The molecular formula is C14H16N4O. The normalized spacial score (nSPS) is 10.0. The minimum absolute atomic E-state index is 0.169. The average Bonchev–Trinajstić information content (AvgIpc) is 2.42. The van der Waals surface area contributed by atoms with Crippen LogP contribution in [0.15, 0.2) is 36.8 Å². The first kappa shape index (κ1) is 13.0. The van der Waals surface area contributed by atoms with E-state index in [1.54, 1.807) is 30.7 Å². The summed E-state index contributed by atoms with van der Waals surface area (Å²) in [6.07, 6.45) is 4.95. The summed E-state index contributed by atoms with van der Waals surface area (Å²) in [4.78, 5) is 20.3. The minimum atomic E-state index is -0.169. The van der Waals surface area contributed by atoms with Gasteiger partial charge in [-0.3, -0.25) is 9.78 Å². The number of amides is 1. The Morgan fingerprint density at radius 3 is 2.89 bits per heavy atom. The maximum absolute atomic E-state index is 12.1. The van der Waals surface area contributed by atoms with E-state index in [4.69, 9.17) is 0 Å². The fraction of sp³-hybridized carbons (Fsp3) is 0.214. The molecule has 5 heteroatoms. The summed E-state index contributed by atoms with van der Waals surface area (Å²) in [5, 5.41) is 5.91. The van der Waals surface area contributed by atoms with Gasteiger partial charge in [0.1, 0.15) is 5.82 Å². The Morgan fingerprint density at radius 1 is 1.32 bits per heavy atom. The lowest BCUT2D eigenvalue weighted by Gasteiger charge is -2.08. The number of carbonyl (C=O) groups is 1. The third kappa shape index (κ3) is 3.28. The molecule has 0 saturated carbocycles. The molecule has 2 N–H and O–H groups in total. The van der Waals surface area contributed by atoms with Crippen LogP contribution in [-0.4, -0.2) is 22.4 Å². The number of pyridine rings is 2. The van der Waals surface area contributed by atoms with E-state index < -0.39 is 0 Å². The van der Waals surface area contributed by atoms with Crippen LogP contribution in [0.3, 0.4) is 0 Å². The molecule has 19 heavy (non-hydrogen) atoms. The number of hydrogen-bond acceptors (Lipinski definition) is 4. The van der Waals surface area contributed by atoms with Crippen molar-refractivity contribution in [2.24, 2.45) is 0 Å². The Morgan fingerprint density at radius 2 is 2.16 bits per heavy atom. The van der Waals surface area contributed by atoms with Gasteiger partial charge in [0, 0.05) is 24.5 Å². The number of nitrogens with one attached hydrogen (secondary N) is 2. The largest absolute Gasteiger partial charge is 0.370 e. The van der Waals surface area contributed by atoms with Crippen LogP contribution in [0, 0.1) is 6.92 Å². The Balaban J connectivity index is 2.16. The van der Waals surface area contributed by atoms with E-state index in [-0.39, 0.29) is 5.91 Å². The monoisotopic (exact) mass is 256 g/mol. The molecule has 0 aliphatic rings. The van der Waals surface area contributed by atoms with Crippen LogP contribution in [0.4, 0.5) is 11.5 Å². The Bertz CT molecular complexity index is 583. The van der Waals surface area contributed by atoms with Crippen molar-refractivity contribution in [3.63, 3.8) is 0 Å². The topological polar surface area (TPSA) is 66.9 Å². The SMILES string of the molecule is CCNc1cc(C(=O)Nc2cnccc2C)ccn1. The van der Waals surface area contributed by atoms with E-state index >= 15 is 0 Å². The molecule has 0 aliphatic carbocycles. The van der Waals surface area contributed by atoms with E-state index in [0.717, 1.165) is 12.1 Å². The van der Waals surface area contributed by atoms with Crippen molar-refractivity contribution >= 4 is 17.4 Å². The van der Waals surface area contributed by atoms with E-state index in [1.165, 1.54) is 0 Å². The summed E-state index contributed by atoms with van der Waals surface area (Å²) < 4.78 is 0. The first-order valence-electron chi connectivity index (χ1n) is 6.12. The summed E-state index contributed by atoms with van der Waals surface area (Å²) in [6.45, 7) is 4.67. The maximum atomic E-state index is 12.1. The minimum Gasteiger partial charge on any atom is -0.370 e. The van der Waals surface area contributed by atoms with Gasteiger partial charge < -0.3 is 10.6 Å². The molecule has 2 heterocycles. The molecule has 0 aromatic carbocycles. The molecule has 2 aromatic rings. The summed E-state index contributed by atoms with van der Waals surface area (Å²) in [6, 6.07) is 5.26.